The topological polar surface area (TPSA) is 84.4 Å². The highest BCUT2D eigenvalue weighted by molar-refractivity contribution is 5.61. The van der Waals surface area contributed by atoms with Crippen molar-refractivity contribution in [1.29, 1.82) is 0 Å². The second-order valence-electron chi connectivity index (χ2n) is 4.78. The molecule has 0 saturated heterocycles. The molecular formula is C11H20N4O3. The first kappa shape index (κ1) is 14.4. The SMILES string of the molecule is Cc1nn(C(C)C)c(N(C)CC(C)O)c1[N+](=O)[O-]. The number of nitro groups is 1. The van der Waals surface area contributed by atoms with Crippen LogP contribution in [0.5, 0.6) is 0 Å². The Balaban J connectivity index is 3.32. The molecule has 1 unspecified atom stereocenters. The molecule has 1 atom stereocenters. The molecule has 1 N–H and O–H groups in total. The first-order valence-corrected chi connectivity index (χ1v) is 5.88. The van der Waals surface area contributed by atoms with E-state index in [1.54, 1.807) is 30.5 Å². The fourth-order valence-electron chi connectivity index (χ4n) is 1.94. The summed E-state index contributed by atoms with van der Waals surface area (Å²) in [5, 5.41) is 24.8. The van der Waals surface area contributed by atoms with Crippen molar-refractivity contribution in [2.75, 3.05) is 18.5 Å². The first-order valence-electron chi connectivity index (χ1n) is 5.88. The lowest BCUT2D eigenvalue weighted by molar-refractivity contribution is -0.384. The number of likely N-dealkylation sites (N-methyl/N-ethyl adjacent to an activating group) is 1. The molecule has 0 spiro atoms. The van der Waals surface area contributed by atoms with Gasteiger partial charge in [-0.25, -0.2) is 4.68 Å². The summed E-state index contributed by atoms with van der Waals surface area (Å²) in [5.41, 5.74) is 0.396. The van der Waals surface area contributed by atoms with Crippen LogP contribution in [0.3, 0.4) is 0 Å². The Morgan fingerprint density at radius 3 is 2.44 bits per heavy atom. The summed E-state index contributed by atoms with van der Waals surface area (Å²) >= 11 is 0. The van der Waals surface area contributed by atoms with E-state index in [1.807, 2.05) is 13.8 Å². The standard InChI is InChI=1S/C11H20N4O3/c1-7(2)14-11(13(5)6-8(3)16)10(15(17)18)9(4)12-14/h7-8,16H,6H2,1-5H3. The molecule has 102 valence electrons. The highest BCUT2D eigenvalue weighted by Gasteiger charge is 2.29. The second kappa shape index (κ2) is 5.34. The minimum absolute atomic E-state index is 0.00634. The molecule has 0 saturated carbocycles. The van der Waals surface area contributed by atoms with Crippen LogP contribution in [-0.4, -0.2) is 39.5 Å². The smallest absolute Gasteiger partial charge is 0.333 e. The number of aryl methyl sites for hydroxylation is 1. The summed E-state index contributed by atoms with van der Waals surface area (Å²) in [4.78, 5) is 12.4. The van der Waals surface area contributed by atoms with E-state index in [-0.39, 0.29) is 11.7 Å². The van der Waals surface area contributed by atoms with Crippen LogP contribution in [0, 0.1) is 17.0 Å². The van der Waals surface area contributed by atoms with E-state index in [4.69, 9.17) is 0 Å². The van der Waals surface area contributed by atoms with Crippen molar-refractivity contribution in [1.82, 2.24) is 9.78 Å². The van der Waals surface area contributed by atoms with Crippen LogP contribution >= 0.6 is 0 Å². The Morgan fingerprint density at radius 1 is 1.50 bits per heavy atom. The molecule has 1 aromatic rings. The zero-order chi connectivity index (χ0) is 14.0. The van der Waals surface area contributed by atoms with E-state index in [0.29, 0.717) is 18.1 Å². The summed E-state index contributed by atoms with van der Waals surface area (Å²) in [5.74, 6) is 0.438. The van der Waals surface area contributed by atoms with Gasteiger partial charge in [0.25, 0.3) is 0 Å². The molecule has 0 fully saturated rings. The Labute approximate surface area is 106 Å². The van der Waals surface area contributed by atoms with Crippen LogP contribution < -0.4 is 4.90 Å². The number of anilines is 1. The third-order valence-corrected chi connectivity index (χ3v) is 2.60. The van der Waals surface area contributed by atoms with Gasteiger partial charge in [0, 0.05) is 19.6 Å². The van der Waals surface area contributed by atoms with Gasteiger partial charge >= 0.3 is 5.69 Å². The number of nitrogens with zero attached hydrogens (tertiary/aromatic N) is 4. The molecule has 7 heteroatoms. The van der Waals surface area contributed by atoms with E-state index in [9.17, 15) is 15.2 Å². The molecule has 0 aromatic carbocycles. The van der Waals surface area contributed by atoms with Gasteiger partial charge in [-0.3, -0.25) is 10.1 Å². The van der Waals surface area contributed by atoms with Crippen molar-refractivity contribution >= 4 is 11.5 Å². The Bertz CT molecular complexity index is 440. The van der Waals surface area contributed by atoms with Crippen molar-refractivity contribution in [3.63, 3.8) is 0 Å². The van der Waals surface area contributed by atoms with Crippen LogP contribution in [0.2, 0.25) is 0 Å². The maximum atomic E-state index is 11.1. The van der Waals surface area contributed by atoms with Crippen molar-refractivity contribution < 1.29 is 10.0 Å². The lowest BCUT2D eigenvalue weighted by Gasteiger charge is -2.22. The highest BCUT2D eigenvalue weighted by atomic mass is 16.6. The van der Waals surface area contributed by atoms with Crippen molar-refractivity contribution in [3.8, 4) is 0 Å². The van der Waals surface area contributed by atoms with Gasteiger partial charge in [0.2, 0.25) is 5.82 Å². The molecule has 0 aliphatic rings. The fraction of sp³-hybridized carbons (Fsp3) is 0.727. The number of hydrogen-bond donors (Lipinski definition) is 1. The van der Waals surface area contributed by atoms with E-state index in [0.717, 1.165) is 0 Å². The lowest BCUT2D eigenvalue weighted by atomic mass is 10.3. The quantitative estimate of drug-likeness (QED) is 0.637. The molecule has 7 nitrogen and oxygen atoms in total. The molecule has 0 bridgehead atoms. The summed E-state index contributed by atoms with van der Waals surface area (Å²) in [6.45, 7) is 7.41. The molecule has 1 rings (SSSR count). The highest BCUT2D eigenvalue weighted by Crippen LogP contribution is 2.33. The average molecular weight is 256 g/mol. The van der Waals surface area contributed by atoms with Crippen LogP contribution in [0.4, 0.5) is 11.5 Å². The van der Waals surface area contributed by atoms with Gasteiger partial charge in [-0.15, -0.1) is 0 Å². The normalized spacial score (nSPS) is 12.8. The summed E-state index contributed by atoms with van der Waals surface area (Å²) < 4.78 is 1.62. The van der Waals surface area contributed by atoms with Gasteiger partial charge in [0.15, 0.2) is 0 Å². The molecule has 1 heterocycles. The second-order valence-corrected chi connectivity index (χ2v) is 4.78. The van der Waals surface area contributed by atoms with E-state index in [1.165, 1.54) is 0 Å². The van der Waals surface area contributed by atoms with E-state index < -0.39 is 11.0 Å². The van der Waals surface area contributed by atoms with Gasteiger partial charge in [0.05, 0.1) is 11.0 Å². The predicted molar refractivity (Wildman–Crippen MR) is 69.0 cm³/mol. The zero-order valence-corrected chi connectivity index (χ0v) is 11.4. The van der Waals surface area contributed by atoms with Gasteiger partial charge in [-0.05, 0) is 27.7 Å². The number of aromatic nitrogens is 2. The fourth-order valence-corrected chi connectivity index (χ4v) is 1.94. The third kappa shape index (κ3) is 2.79. The van der Waals surface area contributed by atoms with Gasteiger partial charge in [-0.1, -0.05) is 0 Å². The summed E-state index contributed by atoms with van der Waals surface area (Å²) in [7, 11) is 1.72. The number of rotatable bonds is 5. The first-order chi connectivity index (χ1) is 8.25. The predicted octanol–water partition coefficient (Wildman–Crippen LogP) is 1.50. The van der Waals surface area contributed by atoms with Gasteiger partial charge in [0.1, 0.15) is 5.69 Å². The van der Waals surface area contributed by atoms with Gasteiger partial charge in [-0.2, -0.15) is 5.10 Å². The number of aliphatic hydroxyl groups excluding tert-OH is 1. The maximum Gasteiger partial charge on any atom is 0.333 e. The largest absolute Gasteiger partial charge is 0.392 e. The van der Waals surface area contributed by atoms with Crippen molar-refractivity contribution in [3.05, 3.63) is 15.8 Å². The Morgan fingerprint density at radius 2 is 2.06 bits per heavy atom. The van der Waals surface area contributed by atoms with Crippen molar-refractivity contribution in [2.24, 2.45) is 0 Å². The Kier molecular flexibility index (Phi) is 4.28. The molecule has 0 aliphatic carbocycles. The van der Waals surface area contributed by atoms with Crippen LogP contribution in [0.25, 0.3) is 0 Å². The molecule has 1 aromatic heterocycles. The molecule has 0 amide bonds. The minimum Gasteiger partial charge on any atom is -0.392 e. The van der Waals surface area contributed by atoms with E-state index >= 15 is 0 Å². The maximum absolute atomic E-state index is 11.1. The average Bonchev–Trinajstić information content (AvgIpc) is 2.54. The number of aliphatic hydroxyl groups is 1. The molecule has 18 heavy (non-hydrogen) atoms. The molecule has 0 radical (unpaired) electrons. The summed E-state index contributed by atoms with van der Waals surface area (Å²) in [6.07, 6.45) is -0.564. The zero-order valence-electron chi connectivity index (χ0n) is 11.4. The summed E-state index contributed by atoms with van der Waals surface area (Å²) in [6, 6.07) is 0.0175. The van der Waals surface area contributed by atoms with Crippen LogP contribution in [0.1, 0.15) is 32.5 Å². The monoisotopic (exact) mass is 256 g/mol. The van der Waals surface area contributed by atoms with Crippen LogP contribution in [0.15, 0.2) is 0 Å². The minimum atomic E-state index is -0.564. The third-order valence-electron chi connectivity index (χ3n) is 2.60. The molecular weight excluding hydrogens is 236 g/mol. The van der Waals surface area contributed by atoms with Crippen LogP contribution in [-0.2, 0) is 0 Å². The Hall–Kier alpha value is -1.63. The number of hydrogen-bond acceptors (Lipinski definition) is 5. The lowest BCUT2D eigenvalue weighted by Crippen LogP contribution is -2.29. The van der Waals surface area contributed by atoms with Crippen molar-refractivity contribution in [2.45, 2.75) is 39.8 Å². The van der Waals surface area contributed by atoms with E-state index in [2.05, 4.69) is 5.10 Å². The molecule has 0 aliphatic heterocycles. The van der Waals surface area contributed by atoms with Gasteiger partial charge < -0.3 is 10.0 Å².